The van der Waals surface area contributed by atoms with Crippen molar-refractivity contribution in [2.45, 2.75) is 6.92 Å². The number of nitrogens with zero attached hydrogens (tertiary/aromatic N) is 1. The first-order chi connectivity index (χ1) is 14.5. The Labute approximate surface area is 184 Å². The van der Waals surface area contributed by atoms with Gasteiger partial charge in [0.25, 0.3) is 5.91 Å². The van der Waals surface area contributed by atoms with Crippen LogP contribution in [0.15, 0.2) is 47.8 Å². The van der Waals surface area contributed by atoms with E-state index in [1.54, 1.807) is 38.5 Å². The number of benzene rings is 2. The van der Waals surface area contributed by atoms with Gasteiger partial charge in [0.05, 0.1) is 26.5 Å². The Morgan fingerprint density at radius 3 is 2.50 bits per heavy atom. The summed E-state index contributed by atoms with van der Waals surface area (Å²) in [6.07, 6.45) is 0. The Balaban J connectivity index is 1.62. The monoisotopic (exact) mass is 443 g/mol. The topological polar surface area (TPSA) is 81.7 Å². The number of carbonyl (C=O) groups is 1. The van der Waals surface area contributed by atoms with E-state index < -0.39 is 0 Å². The molecule has 7 nitrogen and oxygen atoms in total. The third kappa shape index (κ3) is 5.25. The molecule has 1 aromatic heterocycles. The van der Waals surface area contributed by atoms with Crippen LogP contribution in [0.25, 0.3) is 11.3 Å². The molecule has 2 N–H and O–H groups in total. The van der Waals surface area contributed by atoms with Gasteiger partial charge >= 0.3 is 0 Å². The molecule has 30 heavy (non-hydrogen) atoms. The second-order valence-electron chi connectivity index (χ2n) is 5.97. The van der Waals surface area contributed by atoms with E-state index in [0.29, 0.717) is 34.6 Å². The van der Waals surface area contributed by atoms with Crippen molar-refractivity contribution >= 4 is 39.7 Å². The van der Waals surface area contributed by atoms with Crippen molar-refractivity contribution in [1.29, 1.82) is 0 Å². The third-order valence-electron chi connectivity index (χ3n) is 4.06. The van der Waals surface area contributed by atoms with Crippen LogP contribution in [0.1, 0.15) is 17.3 Å². The standard InChI is InChI=1S/C21H21N3O4S2/c1-4-28-15-8-5-13(6-9-15)19(25)23-20(29)24-21-22-16(12-30-21)14-7-10-17(26-2)18(11-14)27-3/h5-12H,4H2,1-3H3,(H2,22,23,24,25,29). The molecule has 0 unspecified atom stereocenters. The van der Waals surface area contributed by atoms with Crippen LogP contribution >= 0.6 is 23.6 Å². The lowest BCUT2D eigenvalue weighted by atomic mass is 10.1. The number of hydrogen-bond acceptors (Lipinski definition) is 7. The summed E-state index contributed by atoms with van der Waals surface area (Å²) in [5.41, 5.74) is 2.11. The maximum atomic E-state index is 12.3. The van der Waals surface area contributed by atoms with Crippen LogP contribution in [0.4, 0.5) is 5.13 Å². The van der Waals surface area contributed by atoms with Gasteiger partial charge in [-0.05, 0) is 61.6 Å². The smallest absolute Gasteiger partial charge is 0.257 e. The minimum Gasteiger partial charge on any atom is -0.494 e. The van der Waals surface area contributed by atoms with E-state index in [1.807, 2.05) is 30.5 Å². The van der Waals surface area contributed by atoms with Gasteiger partial charge in [0.15, 0.2) is 21.7 Å². The molecule has 156 valence electrons. The average molecular weight is 444 g/mol. The second-order valence-corrected chi connectivity index (χ2v) is 7.24. The van der Waals surface area contributed by atoms with Crippen LogP contribution in [0.5, 0.6) is 17.2 Å². The van der Waals surface area contributed by atoms with E-state index in [4.69, 9.17) is 26.4 Å². The van der Waals surface area contributed by atoms with E-state index in [1.165, 1.54) is 11.3 Å². The molecule has 0 aliphatic heterocycles. The van der Waals surface area contributed by atoms with Gasteiger partial charge in [-0.25, -0.2) is 4.98 Å². The summed E-state index contributed by atoms with van der Waals surface area (Å²) in [6, 6.07) is 12.4. The van der Waals surface area contributed by atoms with Gasteiger partial charge < -0.3 is 19.5 Å². The zero-order valence-electron chi connectivity index (χ0n) is 16.7. The zero-order valence-corrected chi connectivity index (χ0v) is 18.4. The van der Waals surface area contributed by atoms with E-state index in [-0.39, 0.29) is 11.0 Å². The molecular weight excluding hydrogens is 422 g/mol. The SMILES string of the molecule is CCOc1ccc(C(=O)NC(=S)Nc2nc(-c3ccc(OC)c(OC)c3)cs2)cc1. The molecule has 9 heteroatoms. The fourth-order valence-corrected chi connectivity index (χ4v) is 3.61. The first-order valence-corrected chi connectivity index (χ1v) is 10.4. The van der Waals surface area contributed by atoms with Crippen molar-refractivity contribution in [3.05, 3.63) is 53.4 Å². The number of carbonyl (C=O) groups excluding carboxylic acids is 1. The van der Waals surface area contributed by atoms with Crippen LogP contribution in [0, 0.1) is 0 Å². The zero-order chi connectivity index (χ0) is 21.5. The predicted octanol–water partition coefficient (Wildman–Crippen LogP) is 4.35. The Morgan fingerprint density at radius 2 is 1.83 bits per heavy atom. The van der Waals surface area contributed by atoms with Crippen LogP contribution < -0.4 is 24.8 Å². The molecule has 0 saturated carbocycles. The summed E-state index contributed by atoms with van der Waals surface area (Å²) in [7, 11) is 3.17. The molecule has 0 atom stereocenters. The number of amides is 1. The number of methoxy groups -OCH3 is 2. The van der Waals surface area contributed by atoms with E-state index in [9.17, 15) is 4.79 Å². The highest BCUT2D eigenvalue weighted by atomic mass is 32.1. The molecule has 2 aromatic carbocycles. The van der Waals surface area contributed by atoms with Crippen LogP contribution in [-0.2, 0) is 0 Å². The fraction of sp³-hybridized carbons (Fsp3) is 0.190. The molecule has 0 aliphatic rings. The molecule has 0 radical (unpaired) electrons. The average Bonchev–Trinajstić information content (AvgIpc) is 3.22. The van der Waals surface area contributed by atoms with Crippen LogP contribution in [0.3, 0.4) is 0 Å². The molecule has 1 amide bonds. The summed E-state index contributed by atoms with van der Waals surface area (Å²) < 4.78 is 16.0. The Morgan fingerprint density at radius 1 is 1.10 bits per heavy atom. The van der Waals surface area contributed by atoms with E-state index in [0.717, 1.165) is 11.3 Å². The molecule has 0 bridgehead atoms. The fourth-order valence-electron chi connectivity index (χ4n) is 2.63. The van der Waals surface area contributed by atoms with Crippen molar-refractivity contribution in [3.63, 3.8) is 0 Å². The molecule has 0 saturated heterocycles. The molecular formula is C21H21N3O4S2. The maximum Gasteiger partial charge on any atom is 0.257 e. The summed E-state index contributed by atoms with van der Waals surface area (Å²) in [6.45, 7) is 2.47. The highest BCUT2D eigenvalue weighted by molar-refractivity contribution is 7.80. The summed E-state index contributed by atoms with van der Waals surface area (Å²) >= 11 is 6.62. The molecule has 0 aliphatic carbocycles. The van der Waals surface area contributed by atoms with Crippen LogP contribution in [0.2, 0.25) is 0 Å². The molecule has 1 heterocycles. The number of thiocarbonyl (C=S) groups is 1. The molecule has 0 spiro atoms. The van der Waals surface area contributed by atoms with Gasteiger partial charge in [-0.1, -0.05) is 0 Å². The number of thiazole rings is 1. The van der Waals surface area contributed by atoms with Gasteiger partial charge in [-0.15, -0.1) is 11.3 Å². The normalized spacial score (nSPS) is 10.2. The quantitative estimate of drug-likeness (QED) is 0.525. The highest BCUT2D eigenvalue weighted by Crippen LogP contribution is 2.33. The highest BCUT2D eigenvalue weighted by Gasteiger charge is 2.12. The Hall–Kier alpha value is -3.17. The lowest BCUT2D eigenvalue weighted by Crippen LogP contribution is -2.34. The second kappa shape index (κ2) is 10.0. The largest absolute Gasteiger partial charge is 0.494 e. The van der Waals surface area contributed by atoms with Crippen LogP contribution in [-0.4, -0.2) is 36.8 Å². The summed E-state index contributed by atoms with van der Waals surface area (Å²) in [5.74, 6) is 1.66. The van der Waals surface area contributed by atoms with Gasteiger partial charge in [0, 0.05) is 16.5 Å². The molecule has 3 rings (SSSR count). The Kier molecular flexibility index (Phi) is 7.21. The first kappa shape index (κ1) is 21.5. The number of ether oxygens (including phenoxy) is 3. The molecule has 0 fully saturated rings. The van der Waals surface area contributed by atoms with Crippen molar-refractivity contribution in [1.82, 2.24) is 10.3 Å². The predicted molar refractivity (Wildman–Crippen MR) is 122 cm³/mol. The first-order valence-electron chi connectivity index (χ1n) is 9.07. The minimum absolute atomic E-state index is 0.169. The van der Waals surface area contributed by atoms with Crippen molar-refractivity contribution < 1.29 is 19.0 Å². The minimum atomic E-state index is -0.313. The number of hydrogen-bond donors (Lipinski definition) is 2. The summed E-state index contributed by atoms with van der Waals surface area (Å²) in [5, 5.41) is 8.22. The third-order valence-corrected chi connectivity index (χ3v) is 5.02. The number of rotatable bonds is 7. The number of aromatic nitrogens is 1. The van der Waals surface area contributed by atoms with Gasteiger partial charge in [0.1, 0.15) is 5.75 Å². The number of nitrogens with one attached hydrogen (secondary N) is 2. The van der Waals surface area contributed by atoms with Crippen molar-refractivity contribution in [3.8, 4) is 28.5 Å². The summed E-state index contributed by atoms with van der Waals surface area (Å²) in [4.78, 5) is 16.9. The number of anilines is 1. The maximum absolute atomic E-state index is 12.3. The Bertz CT molecular complexity index is 1030. The van der Waals surface area contributed by atoms with E-state index in [2.05, 4.69) is 15.6 Å². The van der Waals surface area contributed by atoms with Gasteiger partial charge in [-0.2, -0.15) is 0 Å². The van der Waals surface area contributed by atoms with Crippen molar-refractivity contribution in [2.75, 3.05) is 26.1 Å². The van der Waals surface area contributed by atoms with Gasteiger partial charge in [0.2, 0.25) is 0 Å². The van der Waals surface area contributed by atoms with E-state index >= 15 is 0 Å². The van der Waals surface area contributed by atoms with Gasteiger partial charge in [-0.3, -0.25) is 10.1 Å². The lowest BCUT2D eigenvalue weighted by molar-refractivity contribution is 0.0977. The molecule has 3 aromatic rings. The lowest BCUT2D eigenvalue weighted by Gasteiger charge is -2.09. The van der Waals surface area contributed by atoms with Crippen molar-refractivity contribution in [2.24, 2.45) is 0 Å².